The molecular weight excluding hydrogens is 743 g/mol. The number of anilines is 3. The number of benzene rings is 10. The van der Waals surface area contributed by atoms with E-state index in [2.05, 4.69) is 217 Å². The topological polar surface area (TPSA) is 29.5 Å². The Balaban J connectivity index is 1.01. The van der Waals surface area contributed by atoms with Crippen molar-refractivity contribution in [2.75, 3.05) is 4.90 Å². The highest BCUT2D eigenvalue weighted by atomic mass is 16.3. The number of hydrogen-bond donors (Lipinski definition) is 0. The van der Waals surface area contributed by atoms with E-state index >= 15 is 0 Å². The quantitative estimate of drug-likeness (QED) is 0.161. The zero-order chi connectivity index (χ0) is 40.3. The Morgan fingerprint density at radius 3 is 1.69 bits per heavy atom. The molecule has 0 aliphatic heterocycles. The Hall–Kier alpha value is -8.14. The molecule has 0 N–H and O–H groups in total. The molecule has 286 valence electrons. The summed E-state index contributed by atoms with van der Waals surface area (Å²) in [7, 11) is 0. The van der Waals surface area contributed by atoms with E-state index < -0.39 is 0 Å². The second-order valence-corrected chi connectivity index (χ2v) is 15.6. The second-order valence-electron chi connectivity index (χ2n) is 15.6. The van der Waals surface area contributed by atoms with E-state index in [0.717, 1.165) is 88.8 Å². The maximum atomic E-state index is 6.76. The van der Waals surface area contributed by atoms with Crippen molar-refractivity contribution < 1.29 is 8.83 Å². The summed E-state index contributed by atoms with van der Waals surface area (Å²) in [6.07, 6.45) is 0. The fourth-order valence-corrected chi connectivity index (χ4v) is 9.11. The molecule has 0 atom stereocenters. The lowest BCUT2D eigenvalue weighted by atomic mass is 9.96. The van der Waals surface area contributed by atoms with Gasteiger partial charge in [-0.25, -0.2) is 0 Å². The summed E-state index contributed by atoms with van der Waals surface area (Å²) >= 11 is 0. The number of hydrogen-bond acceptors (Lipinski definition) is 3. The average molecular weight is 780 g/mol. The number of furan rings is 2. The Morgan fingerprint density at radius 2 is 0.885 bits per heavy atom. The van der Waals surface area contributed by atoms with Crippen LogP contribution in [0.15, 0.2) is 233 Å². The van der Waals surface area contributed by atoms with Crippen LogP contribution < -0.4 is 4.90 Å². The van der Waals surface area contributed by atoms with Gasteiger partial charge in [-0.3, -0.25) is 0 Å². The minimum Gasteiger partial charge on any atom is -0.456 e. The van der Waals surface area contributed by atoms with Gasteiger partial charge in [0.15, 0.2) is 0 Å². The lowest BCUT2D eigenvalue weighted by molar-refractivity contribution is 0.669. The van der Waals surface area contributed by atoms with Crippen molar-refractivity contribution in [1.82, 2.24) is 0 Å². The summed E-state index contributed by atoms with van der Waals surface area (Å²) in [5.41, 5.74) is 15.8. The zero-order valence-corrected chi connectivity index (χ0v) is 33.1. The maximum absolute atomic E-state index is 6.76. The first kappa shape index (κ1) is 34.9. The molecule has 12 aromatic rings. The Labute approximate surface area is 353 Å². The van der Waals surface area contributed by atoms with Crippen LogP contribution in [0.25, 0.3) is 99.2 Å². The van der Waals surface area contributed by atoms with Gasteiger partial charge in [-0.1, -0.05) is 164 Å². The van der Waals surface area contributed by atoms with Gasteiger partial charge in [0, 0.05) is 33.1 Å². The van der Waals surface area contributed by atoms with Crippen molar-refractivity contribution in [2.45, 2.75) is 0 Å². The van der Waals surface area contributed by atoms with Gasteiger partial charge in [-0.15, -0.1) is 0 Å². The third-order valence-corrected chi connectivity index (χ3v) is 12.1. The molecule has 10 aromatic carbocycles. The van der Waals surface area contributed by atoms with E-state index in [4.69, 9.17) is 8.83 Å². The first-order chi connectivity index (χ1) is 30.2. The van der Waals surface area contributed by atoms with E-state index in [9.17, 15) is 0 Å². The molecule has 0 radical (unpaired) electrons. The van der Waals surface area contributed by atoms with Crippen molar-refractivity contribution in [2.24, 2.45) is 0 Å². The van der Waals surface area contributed by atoms with Crippen molar-refractivity contribution in [3.63, 3.8) is 0 Å². The first-order valence-corrected chi connectivity index (χ1v) is 20.7. The highest BCUT2D eigenvalue weighted by molar-refractivity contribution is 6.17. The largest absolute Gasteiger partial charge is 0.456 e. The molecule has 0 fully saturated rings. The fraction of sp³-hybridized carbons (Fsp3) is 0. The van der Waals surface area contributed by atoms with Crippen LogP contribution in [0.2, 0.25) is 0 Å². The van der Waals surface area contributed by atoms with Crippen LogP contribution in [0.5, 0.6) is 0 Å². The lowest BCUT2D eigenvalue weighted by Gasteiger charge is -2.27. The minimum absolute atomic E-state index is 0.851. The molecule has 3 heteroatoms. The number of fused-ring (bicyclic) bond motifs is 7. The molecule has 2 aromatic heterocycles. The number of rotatable bonds is 7. The van der Waals surface area contributed by atoms with Crippen LogP contribution in [0.3, 0.4) is 0 Å². The summed E-state index contributed by atoms with van der Waals surface area (Å²) < 4.78 is 13.3. The van der Waals surface area contributed by atoms with Crippen molar-refractivity contribution in [3.8, 4) is 44.5 Å². The normalized spacial score (nSPS) is 11.6. The van der Waals surface area contributed by atoms with Gasteiger partial charge in [0.05, 0.1) is 11.1 Å². The van der Waals surface area contributed by atoms with Gasteiger partial charge in [0.25, 0.3) is 0 Å². The van der Waals surface area contributed by atoms with Gasteiger partial charge in [0.1, 0.15) is 22.3 Å². The van der Waals surface area contributed by atoms with Crippen LogP contribution in [0.1, 0.15) is 0 Å². The number of nitrogens with zero attached hydrogens (tertiary/aromatic N) is 1. The molecule has 3 nitrogen and oxygen atoms in total. The van der Waals surface area contributed by atoms with Gasteiger partial charge >= 0.3 is 0 Å². The van der Waals surface area contributed by atoms with Gasteiger partial charge in [0.2, 0.25) is 0 Å². The molecule has 0 saturated carbocycles. The smallest absolute Gasteiger partial charge is 0.145 e. The summed E-state index contributed by atoms with van der Waals surface area (Å²) in [5.74, 6) is 0. The molecule has 12 rings (SSSR count). The second kappa shape index (κ2) is 14.3. The summed E-state index contributed by atoms with van der Waals surface area (Å²) in [4.78, 5) is 2.36. The SMILES string of the molecule is c1ccc(-c2ccc3c(c2)oc2ccc(N(c4ccc(-c5ccc(-c6cccc7ccccc67)cc5)cc4)c4ccc(-c5ccccc5)c5oc6ccccc6c45)cc23)cc1. The number of para-hydroxylation sites is 1. The predicted molar refractivity (Wildman–Crippen MR) is 255 cm³/mol. The monoisotopic (exact) mass is 779 g/mol. The lowest BCUT2D eigenvalue weighted by Crippen LogP contribution is -2.10. The highest BCUT2D eigenvalue weighted by Crippen LogP contribution is 2.47. The van der Waals surface area contributed by atoms with E-state index in [1.807, 2.05) is 12.1 Å². The van der Waals surface area contributed by atoms with E-state index in [1.165, 1.54) is 27.5 Å². The van der Waals surface area contributed by atoms with Crippen molar-refractivity contribution in [3.05, 3.63) is 224 Å². The fourth-order valence-electron chi connectivity index (χ4n) is 9.11. The van der Waals surface area contributed by atoms with Crippen molar-refractivity contribution in [1.29, 1.82) is 0 Å². The average Bonchev–Trinajstić information content (AvgIpc) is 3.91. The summed E-state index contributed by atoms with van der Waals surface area (Å²) in [6, 6.07) is 79.8. The summed E-state index contributed by atoms with van der Waals surface area (Å²) in [5, 5.41) is 6.79. The third kappa shape index (κ3) is 5.98. The van der Waals surface area contributed by atoms with Crippen molar-refractivity contribution >= 4 is 71.7 Å². The van der Waals surface area contributed by atoms with Crippen LogP contribution in [-0.2, 0) is 0 Å². The standard InChI is InChI=1S/C58H37NO2/c1-3-12-38(13-4-1)44-28-32-50-52-37-46(31-35-55(52)60-56(50)36-44)59(53-34-33-49(42-14-5-2-6-15-42)58-57(53)51-19-9-10-21-54(51)61-58)45-29-26-40(27-30-45)39-22-24-43(25-23-39)48-20-11-17-41-16-7-8-18-47(41)48/h1-37H. The zero-order valence-electron chi connectivity index (χ0n) is 33.1. The van der Waals surface area contributed by atoms with E-state index in [1.54, 1.807) is 0 Å². The molecule has 0 saturated heterocycles. The van der Waals surface area contributed by atoms with E-state index in [-0.39, 0.29) is 0 Å². The van der Waals surface area contributed by atoms with E-state index in [0.29, 0.717) is 0 Å². The molecule has 0 aliphatic carbocycles. The molecule has 0 amide bonds. The third-order valence-electron chi connectivity index (χ3n) is 12.1. The Morgan fingerprint density at radius 1 is 0.295 bits per heavy atom. The van der Waals surface area contributed by atoms with Crippen LogP contribution in [0.4, 0.5) is 17.1 Å². The van der Waals surface area contributed by atoms with Crippen LogP contribution in [-0.4, -0.2) is 0 Å². The van der Waals surface area contributed by atoms with Gasteiger partial charge in [-0.2, -0.15) is 0 Å². The summed E-state index contributed by atoms with van der Waals surface area (Å²) in [6.45, 7) is 0. The van der Waals surface area contributed by atoms with Crippen LogP contribution >= 0.6 is 0 Å². The Kier molecular flexibility index (Phi) is 8.17. The minimum atomic E-state index is 0.851. The molecule has 2 heterocycles. The molecule has 61 heavy (non-hydrogen) atoms. The molecule has 0 bridgehead atoms. The maximum Gasteiger partial charge on any atom is 0.145 e. The molecular formula is C58H37NO2. The predicted octanol–water partition coefficient (Wildman–Crippen LogP) is 16.8. The molecule has 0 spiro atoms. The Bertz CT molecular complexity index is 3560. The molecule has 0 aliphatic rings. The van der Waals surface area contributed by atoms with Crippen LogP contribution in [0, 0.1) is 0 Å². The highest BCUT2D eigenvalue weighted by Gasteiger charge is 2.23. The first-order valence-electron chi connectivity index (χ1n) is 20.7. The van der Waals surface area contributed by atoms with Gasteiger partial charge < -0.3 is 13.7 Å². The molecule has 0 unspecified atom stereocenters. The van der Waals surface area contributed by atoms with Gasteiger partial charge in [-0.05, 0) is 110 Å².